The Labute approximate surface area is 132 Å². The summed E-state index contributed by atoms with van der Waals surface area (Å²) in [6.45, 7) is 4.21. The minimum absolute atomic E-state index is 0.0301. The summed E-state index contributed by atoms with van der Waals surface area (Å²) >= 11 is 0. The zero-order valence-electron chi connectivity index (χ0n) is 13.0. The molecule has 6 heteroatoms. The van der Waals surface area contributed by atoms with Crippen LogP contribution in [0.1, 0.15) is 38.2 Å². The molecule has 2 unspecified atom stereocenters. The van der Waals surface area contributed by atoms with E-state index in [-0.39, 0.29) is 30.1 Å². The lowest BCUT2D eigenvalue weighted by Gasteiger charge is -2.13. The van der Waals surface area contributed by atoms with Gasteiger partial charge in [0.15, 0.2) is 16.4 Å². The van der Waals surface area contributed by atoms with Crippen molar-refractivity contribution >= 4 is 15.7 Å². The SMILES string of the molecule is CCC(C)c1ccc(OCC(=O)NC2CCS(=O)(=O)C2)cc1. The van der Waals surface area contributed by atoms with Crippen LogP contribution in [0.5, 0.6) is 5.75 Å². The second-order valence-corrected chi connectivity index (χ2v) is 8.06. The number of hydrogen-bond donors (Lipinski definition) is 1. The van der Waals surface area contributed by atoms with Gasteiger partial charge in [-0.25, -0.2) is 8.42 Å². The van der Waals surface area contributed by atoms with Crippen LogP contribution in [0.15, 0.2) is 24.3 Å². The largest absolute Gasteiger partial charge is 0.484 e. The van der Waals surface area contributed by atoms with Crippen molar-refractivity contribution < 1.29 is 17.9 Å². The average molecular weight is 325 g/mol. The quantitative estimate of drug-likeness (QED) is 0.867. The summed E-state index contributed by atoms with van der Waals surface area (Å²) in [6, 6.07) is 7.44. The minimum atomic E-state index is -2.98. The number of carbonyl (C=O) groups excluding carboxylic acids is 1. The number of ether oxygens (including phenoxy) is 1. The van der Waals surface area contributed by atoms with Crippen molar-refractivity contribution in [2.75, 3.05) is 18.1 Å². The first-order chi connectivity index (χ1) is 10.4. The zero-order valence-corrected chi connectivity index (χ0v) is 13.9. The smallest absolute Gasteiger partial charge is 0.258 e. The van der Waals surface area contributed by atoms with E-state index >= 15 is 0 Å². The standard InChI is InChI=1S/C16H23NO4S/c1-3-12(2)13-4-6-15(7-5-13)21-10-16(18)17-14-8-9-22(19,20)11-14/h4-7,12,14H,3,8-11H2,1-2H3,(H,17,18). The lowest BCUT2D eigenvalue weighted by atomic mass is 9.99. The fraction of sp³-hybridized carbons (Fsp3) is 0.562. The maximum atomic E-state index is 11.8. The lowest BCUT2D eigenvalue weighted by molar-refractivity contribution is -0.123. The lowest BCUT2D eigenvalue weighted by Crippen LogP contribution is -2.38. The molecule has 1 N–H and O–H groups in total. The van der Waals surface area contributed by atoms with E-state index < -0.39 is 9.84 Å². The van der Waals surface area contributed by atoms with Crippen molar-refractivity contribution in [2.24, 2.45) is 0 Å². The molecule has 0 aliphatic carbocycles. The highest BCUT2D eigenvalue weighted by Gasteiger charge is 2.28. The maximum absolute atomic E-state index is 11.8. The van der Waals surface area contributed by atoms with E-state index in [2.05, 4.69) is 19.2 Å². The molecule has 5 nitrogen and oxygen atoms in total. The third-order valence-electron chi connectivity index (χ3n) is 4.03. The van der Waals surface area contributed by atoms with E-state index in [0.29, 0.717) is 18.1 Å². The first kappa shape index (κ1) is 16.8. The number of carbonyl (C=O) groups is 1. The second-order valence-electron chi connectivity index (χ2n) is 5.83. The number of nitrogens with one attached hydrogen (secondary N) is 1. The molecule has 1 amide bonds. The number of amides is 1. The number of rotatable bonds is 6. The Bertz CT molecular complexity index is 610. The Kier molecular flexibility index (Phi) is 5.45. The third-order valence-corrected chi connectivity index (χ3v) is 5.80. The topological polar surface area (TPSA) is 72.5 Å². The van der Waals surface area contributed by atoms with Crippen molar-refractivity contribution in [2.45, 2.75) is 38.6 Å². The summed E-state index contributed by atoms with van der Waals surface area (Å²) in [5.41, 5.74) is 1.25. The van der Waals surface area contributed by atoms with Crippen LogP contribution in [0.25, 0.3) is 0 Å². The van der Waals surface area contributed by atoms with Gasteiger partial charge in [-0.05, 0) is 36.5 Å². The van der Waals surface area contributed by atoms with Crippen molar-refractivity contribution in [3.05, 3.63) is 29.8 Å². The van der Waals surface area contributed by atoms with Crippen LogP contribution in [-0.2, 0) is 14.6 Å². The van der Waals surface area contributed by atoms with Crippen molar-refractivity contribution in [3.8, 4) is 5.75 Å². The van der Waals surface area contributed by atoms with E-state index in [9.17, 15) is 13.2 Å². The highest BCUT2D eigenvalue weighted by Crippen LogP contribution is 2.21. The molecule has 0 spiro atoms. The fourth-order valence-corrected chi connectivity index (χ4v) is 4.13. The molecule has 1 heterocycles. The summed E-state index contributed by atoms with van der Waals surface area (Å²) in [6.07, 6.45) is 1.56. The molecular weight excluding hydrogens is 302 g/mol. The van der Waals surface area contributed by atoms with Crippen LogP contribution < -0.4 is 10.1 Å². The third kappa shape index (κ3) is 4.73. The molecule has 0 saturated carbocycles. The molecule has 22 heavy (non-hydrogen) atoms. The molecular formula is C16H23NO4S. The Hall–Kier alpha value is -1.56. The van der Waals surface area contributed by atoms with Gasteiger partial charge in [0.25, 0.3) is 5.91 Å². The summed E-state index contributed by atoms with van der Waals surface area (Å²) in [5.74, 6) is 1.04. The number of benzene rings is 1. The Balaban J connectivity index is 1.79. The van der Waals surface area contributed by atoms with Crippen molar-refractivity contribution in [3.63, 3.8) is 0 Å². The Morgan fingerprint density at radius 3 is 2.59 bits per heavy atom. The average Bonchev–Trinajstić information content (AvgIpc) is 2.83. The summed E-state index contributed by atoms with van der Waals surface area (Å²) in [7, 11) is -2.98. The highest BCUT2D eigenvalue weighted by molar-refractivity contribution is 7.91. The van der Waals surface area contributed by atoms with Gasteiger partial charge in [-0.3, -0.25) is 4.79 Å². The monoisotopic (exact) mass is 325 g/mol. The van der Waals surface area contributed by atoms with Crippen molar-refractivity contribution in [1.29, 1.82) is 0 Å². The van der Waals surface area contributed by atoms with E-state index in [4.69, 9.17) is 4.74 Å². The van der Waals surface area contributed by atoms with Crippen LogP contribution in [0.2, 0.25) is 0 Å². The van der Waals surface area contributed by atoms with Gasteiger partial charge < -0.3 is 10.1 Å². The van der Waals surface area contributed by atoms with Gasteiger partial charge in [0, 0.05) is 6.04 Å². The summed E-state index contributed by atoms with van der Waals surface area (Å²) < 4.78 is 28.1. The number of sulfone groups is 1. The van der Waals surface area contributed by atoms with E-state index in [1.807, 2.05) is 24.3 Å². The van der Waals surface area contributed by atoms with Gasteiger partial charge in [0.2, 0.25) is 0 Å². The molecule has 0 bridgehead atoms. The van der Waals surface area contributed by atoms with Gasteiger partial charge >= 0.3 is 0 Å². The molecule has 0 aromatic heterocycles. The molecule has 1 aliphatic heterocycles. The van der Waals surface area contributed by atoms with Crippen LogP contribution in [0, 0.1) is 0 Å². The molecule has 1 aromatic rings. The van der Waals surface area contributed by atoms with Gasteiger partial charge in [0.1, 0.15) is 5.75 Å². The zero-order chi connectivity index (χ0) is 16.2. The predicted octanol–water partition coefficient (Wildman–Crippen LogP) is 1.88. The van der Waals surface area contributed by atoms with E-state index in [0.717, 1.165) is 6.42 Å². The van der Waals surface area contributed by atoms with E-state index in [1.165, 1.54) is 5.56 Å². The van der Waals surface area contributed by atoms with Crippen LogP contribution >= 0.6 is 0 Å². The Morgan fingerprint density at radius 1 is 1.36 bits per heavy atom. The predicted molar refractivity (Wildman–Crippen MR) is 85.8 cm³/mol. The van der Waals surface area contributed by atoms with Gasteiger partial charge in [0.05, 0.1) is 11.5 Å². The van der Waals surface area contributed by atoms with Gasteiger partial charge in [-0.1, -0.05) is 26.0 Å². The first-order valence-electron chi connectivity index (χ1n) is 7.62. The van der Waals surface area contributed by atoms with Crippen LogP contribution in [0.3, 0.4) is 0 Å². The molecule has 122 valence electrons. The maximum Gasteiger partial charge on any atom is 0.258 e. The molecule has 1 saturated heterocycles. The van der Waals surface area contributed by atoms with Gasteiger partial charge in [-0.15, -0.1) is 0 Å². The molecule has 0 radical (unpaired) electrons. The molecule has 2 rings (SSSR count). The molecule has 1 fully saturated rings. The van der Waals surface area contributed by atoms with Crippen molar-refractivity contribution in [1.82, 2.24) is 5.32 Å². The molecule has 1 aromatic carbocycles. The minimum Gasteiger partial charge on any atom is -0.484 e. The molecule has 1 aliphatic rings. The van der Waals surface area contributed by atoms with Crippen LogP contribution in [-0.4, -0.2) is 38.5 Å². The second kappa shape index (κ2) is 7.13. The summed E-state index contributed by atoms with van der Waals surface area (Å²) in [5, 5.41) is 2.70. The molecule has 2 atom stereocenters. The number of hydrogen-bond acceptors (Lipinski definition) is 4. The van der Waals surface area contributed by atoms with Gasteiger partial charge in [-0.2, -0.15) is 0 Å². The first-order valence-corrected chi connectivity index (χ1v) is 9.44. The highest BCUT2D eigenvalue weighted by atomic mass is 32.2. The summed E-state index contributed by atoms with van der Waals surface area (Å²) in [4.78, 5) is 11.8. The Morgan fingerprint density at radius 2 is 2.05 bits per heavy atom. The fourth-order valence-electron chi connectivity index (χ4n) is 2.46. The van der Waals surface area contributed by atoms with Crippen LogP contribution in [0.4, 0.5) is 0 Å². The van der Waals surface area contributed by atoms with E-state index in [1.54, 1.807) is 0 Å². The normalized spacial score (nSPS) is 21.3.